The molecule has 2 rings (SSSR count). The van der Waals surface area contributed by atoms with Crippen LogP contribution >= 0.6 is 0 Å². The quantitative estimate of drug-likeness (QED) is 0.844. The Morgan fingerprint density at radius 1 is 1.16 bits per heavy atom. The summed E-state index contributed by atoms with van der Waals surface area (Å²) in [5.74, 6) is 0. The van der Waals surface area contributed by atoms with Crippen molar-refractivity contribution >= 4 is 26.5 Å². The van der Waals surface area contributed by atoms with E-state index in [4.69, 9.17) is 5.73 Å². The first kappa shape index (κ1) is 13.8. The minimum Gasteiger partial charge on any atom is -0.398 e. The number of benzene rings is 2. The minimum atomic E-state index is -3.52. The van der Waals surface area contributed by atoms with Crippen LogP contribution in [0.4, 0.5) is 5.69 Å². The molecule has 0 fully saturated rings. The van der Waals surface area contributed by atoms with E-state index in [0.29, 0.717) is 11.1 Å². The van der Waals surface area contributed by atoms with E-state index in [1.165, 1.54) is 0 Å². The van der Waals surface area contributed by atoms with Crippen molar-refractivity contribution in [3.63, 3.8) is 0 Å². The maximum atomic E-state index is 12.4. The van der Waals surface area contributed by atoms with Crippen molar-refractivity contribution in [2.45, 2.75) is 31.2 Å². The molecule has 0 saturated carbocycles. The zero-order valence-electron chi connectivity index (χ0n) is 11.1. The number of nitrogen functional groups attached to an aromatic ring is 1. The van der Waals surface area contributed by atoms with Gasteiger partial charge in [-0.15, -0.1) is 0 Å². The van der Waals surface area contributed by atoms with E-state index in [-0.39, 0.29) is 10.9 Å². The molecule has 4 nitrogen and oxygen atoms in total. The van der Waals surface area contributed by atoms with Gasteiger partial charge in [0.05, 0.1) is 4.90 Å². The molecule has 0 spiro atoms. The van der Waals surface area contributed by atoms with Gasteiger partial charge in [-0.1, -0.05) is 31.2 Å². The third kappa shape index (κ3) is 2.72. The summed E-state index contributed by atoms with van der Waals surface area (Å²) in [5.41, 5.74) is 6.46. The average Bonchev–Trinajstić information content (AvgIpc) is 2.38. The van der Waals surface area contributed by atoms with E-state index >= 15 is 0 Å². The van der Waals surface area contributed by atoms with Gasteiger partial charge in [-0.3, -0.25) is 0 Å². The predicted octanol–water partition coefficient (Wildman–Crippen LogP) is 2.50. The van der Waals surface area contributed by atoms with Crippen molar-refractivity contribution in [2.75, 3.05) is 5.73 Å². The van der Waals surface area contributed by atoms with Crippen LogP contribution in [0.2, 0.25) is 0 Å². The molecular weight excluding hydrogens is 260 g/mol. The van der Waals surface area contributed by atoms with Gasteiger partial charge in [0, 0.05) is 22.5 Å². The van der Waals surface area contributed by atoms with Crippen molar-refractivity contribution in [2.24, 2.45) is 0 Å². The Morgan fingerprint density at radius 2 is 1.79 bits per heavy atom. The highest BCUT2D eigenvalue weighted by Gasteiger charge is 2.19. The molecule has 0 radical (unpaired) electrons. The number of hydrogen-bond acceptors (Lipinski definition) is 3. The Kier molecular flexibility index (Phi) is 3.78. The number of fused-ring (bicyclic) bond motifs is 1. The number of nitrogens with one attached hydrogen (secondary N) is 1. The fraction of sp³-hybridized carbons (Fsp3) is 0.286. The molecule has 2 aromatic carbocycles. The monoisotopic (exact) mass is 278 g/mol. The summed E-state index contributed by atoms with van der Waals surface area (Å²) >= 11 is 0. The highest BCUT2D eigenvalue weighted by Crippen LogP contribution is 2.27. The summed E-state index contributed by atoms with van der Waals surface area (Å²) in [4.78, 5) is 0.276. The van der Waals surface area contributed by atoms with Gasteiger partial charge < -0.3 is 5.73 Å². The molecule has 0 heterocycles. The third-order valence-electron chi connectivity index (χ3n) is 3.18. The van der Waals surface area contributed by atoms with E-state index in [2.05, 4.69) is 4.72 Å². The zero-order chi connectivity index (χ0) is 14.0. The fourth-order valence-electron chi connectivity index (χ4n) is 1.94. The van der Waals surface area contributed by atoms with Crippen LogP contribution in [0.15, 0.2) is 41.3 Å². The molecule has 2 aromatic rings. The normalized spacial score (nSPS) is 13.6. The molecule has 19 heavy (non-hydrogen) atoms. The van der Waals surface area contributed by atoms with E-state index in [0.717, 1.165) is 11.8 Å². The Hall–Kier alpha value is -1.59. The van der Waals surface area contributed by atoms with Crippen molar-refractivity contribution in [3.8, 4) is 0 Å². The lowest BCUT2D eigenvalue weighted by molar-refractivity contribution is 0.556. The van der Waals surface area contributed by atoms with E-state index in [1.54, 1.807) is 18.2 Å². The molecule has 0 bridgehead atoms. The molecule has 1 unspecified atom stereocenters. The Bertz CT molecular complexity index is 696. The lowest BCUT2D eigenvalue weighted by atomic mass is 10.1. The van der Waals surface area contributed by atoms with Crippen LogP contribution in [0.25, 0.3) is 10.8 Å². The number of sulfonamides is 1. The number of hydrogen-bond donors (Lipinski definition) is 2. The number of rotatable bonds is 4. The Balaban J connectivity index is 2.60. The van der Waals surface area contributed by atoms with Gasteiger partial charge in [0.2, 0.25) is 10.0 Å². The molecule has 1 atom stereocenters. The SMILES string of the molecule is CCC(C)NS(=O)(=O)c1ccc(N)c2ccccc12. The Morgan fingerprint density at radius 3 is 2.42 bits per heavy atom. The highest BCUT2D eigenvalue weighted by molar-refractivity contribution is 7.89. The first-order valence-electron chi connectivity index (χ1n) is 6.25. The van der Waals surface area contributed by atoms with Crippen LogP contribution in [-0.4, -0.2) is 14.5 Å². The first-order chi connectivity index (χ1) is 8.95. The van der Waals surface area contributed by atoms with Gasteiger partial charge in [-0.05, 0) is 25.5 Å². The number of nitrogens with two attached hydrogens (primary N) is 1. The topological polar surface area (TPSA) is 72.2 Å². The zero-order valence-corrected chi connectivity index (χ0v) is 11.9. The van der Waals surface area contributed by atoms with Gasteiger partial charge in [0.1, 0.15) is 0 Å². The molecule has 5 heteroatoms. The largest absolute Gasteiger partial charge is 0.398 e. The second-order valence-corrected chi connectivity index (χ2v) is 6.31. The van der Waals surface area contributed by atoms with Gasteiger partial charge in [-0.25, -0.2) is 13.1 Å². The molecule has 0 aromatic heterocycles. The van der Waals surface area contributed by atoms with Crippen molar-refractivity contribution in [1.29, 1.82) is 0 Å². The van der Waals surface area contributed by atoms with Crippen molar-refractivity contribution in [1.82, 2.24) is 4.72 Å². The van der Waals surface area contributed by atoms with Crippen LogP contribution in [0.5, 0.6) is 0 Å². The van der Waals surface area contributed by atoms with Crippen molar-refractivity contribution in [3.05, 3.63) is 36.4 Å². The van der Waals surface area contributed by atoms with E-state index in [9.17, 15) is 8.42 Å². The smallest absolute Gasteiger partial charge is 0.241 e. The molecule has 102 valence electrons. The molecule has 0 aliphatic heterocycles. The molecule has 0 amide bonds. The standard InChI is InChI=1S/C14H18N2O2S/c1-3-10(2)16-19(17,18)14-9-8-13(15)11-6-4-5-7-12(11)14/h4-10,16H,3,15H2,1-2H3. The van der Waals surface area contributed by atoms with Crippen LogP contribution in [0, 0.1) is 0 Å². The van der Waals surface area contributed by atoms with Gasteiger partial charge in [0.25, 0.3) is 0 Å². The molecule has 3 N–H and O–H groups in total. The summed E-state index contributed by atoms with van der Waals surface area (Å²) < 4.78 is 27.4. The minimum absolute atomic E-state index is 0.0960. The fourth-order valence-corrected chi connectivity index (χ4v) is 3.48. The first-order valence-corrected chi connectivity index (χ1v) is 7.73. The van der Waals surface area contributed by atoms with Gasteiger partial charge in [0.15, 0.2) is 0 Å². The molecule has 0 saturated heterocycles. The van der Waals surface area contributed by atoms with Gasteiger partial charge in [-0.2, -0.15) is 0 Å². The molecule has 0 aliphatic rings. The molecule has 0 aliphatic carbocycles. The summed E-state index contributed by atoms with van der Waals surface area (Å²) in [6.45, 7) is 3.78. The number of anilines is 1. The predicted molar refractivity (Wildman–Crippen MR) is 78.4 cm³/mol. The third-order valence-corrected chi connectivity index (χ3v) is 4.82. The summed E-state index contributed by atoms with van der Waals surface area (Å²) in [6, 6.07) is 10.3. The summed E-state index contributed by atoms with van der Waals surface area (Å²) in [7, 11) is -3.52. The molecular formula is C14H18N2O2S. The van der Waals surface area contributed by atoms with Gasteiger partial charge >= 0.3 is 0 Å². The average molecular weight is 278 g/mol. The summed E-state index contributed by atoms with van der Waals surface area (Å²) in [5, 5.41) is 1.41. The lowest BCUT2D eigenvalue weighted by Gasteiger charge is -2.14. The summed E-state index contributed by atoms with van der Waals surface area (Å²) in [6.07, 6.45) is 0.742. The maximum Gasteiger partial charge on any atom is 0.241 e. The highest BCUT2D eigenvalue weighted by atomic mass is 32.2. The second-order valence-electron chi connectivity index (χ2n) is 4.63. The maximum absolute atomic E-state index is 12.4. The lowest BCUT2D eigenvalue weighted by Crippen LogP contribution is -2.32. The van der Waals surface area contributed by atoms with Crippen LogP contribution in [-0.2, 0) is 10.0 Å². The van der Waals surface area contributed by atoms with Crippen molar-refractivity contribution < 1.29 is 8.42 Å². The van der Waals surface area contributed by atoms with Crippen LogP contribution in [0.1, 0.15) is 20.3 Å². The van der Waals surface area contributed by atoms with Crippen LogP contribution < -0.4 is 10.5 Å². The van der Waals surface area contributed by atoms with E-state index in [1.807, 2.05) is 32.0 Å². The Labute approximate surface area is 113 Å². The van der Waals surface area contributed by atoms with Crippen LogP contribution in [0.3, 0.4) is 0 Å². The second kappa shape index (κ2) is 5.19. The van der Waals surface area contributed by atoms with E-state index < -0.39 is 10.0 Å².